The van der Waals surface area contributed by atoms with Crippen LogP contribution in [0.5, 0.6) is 5.88 Å². The predicted octanol–water partition coefficient (Wildman–Crippen LogP) is 2.07. The summed E-state index contributed by atoms with van der Waals surface area (Å²) >= 11 is 0. The van der Waals surface area contributed by atoms with Crippen molar-refractivity contribution in [1.82, 2.24) is 15.1 Å². The molecule has 2 rings (SSSR count). The minimum Gasteiger partial charge on any atom is -0.473 e. The van der Waals surface area contributed by atoms with Gasteiger partial charge in [-0.1, -0.05) is 13.8 Å². The Morgan fingerprint density at radius 1 is 1.35 bits per heavy atom. The first-order valence-electron chi connectivity index (χ1n) is 6.33. The first-order chi connectivity index (χ1) is 8.15. The van der Waals surface area contributed by atoms with E-state index in [9.17, 15) is 0 Å². The van der Waals surface area contributed by atoms with Crippen LogP contribution in [0.25, 0.3) is 0 Å². The number of hydrogen-bond donors (Lipinski definition) is 0. The molecule has 0 bridgehead atoms. The molecule has 0 N–H and O–H groups in total. The number of aromatic nitrogens is 2. The van der Waals surface area contributed by atoms with Crippen LogP contribution < -0.4 is 4.74 Å². The van der Waals surface area contributed by atoms with Crippen molar-refractivity contribution in [3.05, 3.63) is 17.8 Å². The predicted molar refractivity (Wildman–Crippen MR) is 67.3 cm³/mol. The Morgan fingerprint density at radius 2 is 2.06 bits per heavy atom. The van der Waals surface area contributed by atoms with Crippen LogP contribution in [-0.4, -0.2) is 41.3 Å². The smallest absolute Gasteiger partial charge is 0.233 e. The third-order valence-corrected chi connectivity index (χ3v) is 3.27. The van der Waals surface area contributed by atoms with Gasteiger partial charge in [-0.25, -0.2) is 0 Å². The Morgan fingerprint density at radius 3 is 2.71 bits per heavy atom. The molecule has 0 spiro atoms. The van der Waals surface area contributed by atoms with Gasteiger partial charge in [0, 0.05) is 19.2 Å². The van der Waals surface area contributed by atoms with E-state index in [-0.39, 0.29) is 0 Å². The zero-order valence-corrected chi connectivity index (χ0v) is 10.9. The highest BCUT2D eigenvalue weighted by Gasteiger charge is 2.18. The van der Waals surface area contributed by atoms with E-state index in [2.05, 4.69) is 36.0 Å². The van der Waals surface area contributed by atoms with E-state index < -0.39 is 0 Å². The molecule has 0 aliphatic carbocycles. The highest BCUT2D eigenvalue weighted by Crippen LogP contribution is 2.20. The first-order valence-corrected chi connectivity index (χ1v) is 6.33. The molecule has 0 radical (unpaired) electrons. The van der Waals surface area contributed by atoms with E-state index in [0.29, 0.717) is 17.9 Å². The quantitative estimate of drug-likeness (QED) is 0.804. The van der Waals surface area contributed by atoms with Gasteiger partial charge in [-0.2, -0.15) is 5.10 Å². The zero-order chi connectivity index (χ0) is 12.3. The number of hydrogen-bond acceptors (Lipinski definition) is 4. The van der Waals surface area contributed by atoms with Crippen LogP contribution in [0.1, 0.15) is 38.2 Å². The molecule has 94 valence electrons. The van der Waals surface area contributed by atoms with Crippen molar-refractivity contribution in [3.8, 4) is 5.88 Å². The standard InChI is InChI=1S/C13H21N3O/c1-10(2)11-8-13(15-14-9-11)17-12-4-6-16(3)7-5-12/h8-10,12H,4-7H2,1-3H3. The molecule has 1 fully saturated rings. The summed E-state index contributed by atoms with van der Waals surface area (Å²) in [5.41, 5.74) is 1.18. The monoisotopic (exact) mass is 235 g/mol. The third-order valence-electron chi connectivity index (χ3n) is 3.27. The number of nitrogens with zero attached hydrogens (tertiary/aromatic N) is 3. The van der Waals surface area contributed by atoms with Crippen LogP contribution in [-0.2, 0) is 0 Å². The van der Waals surface area contributed by atoms with Crippen LogP contribution in [0.4, 0.5) is 0 Å². The SMILES string of the molecule is CC(C)c1cnnc(OC2CCN(C)CC2)c1. The van der Waals surface area contributed by atoms with Crippen molar-refractivity contribution >= 4 is 0 Å². The zero-order valence-electron chi connectivity index (χ0n) is 10.9. The van der Waals surface area contributed by atoms with Crippen LogP contribution >= 0.6 is 0 Å². The fourth-order valence-electron chi connectivity index (χ4n) is 2.01. The second-order valence-corrected chi connectivity index (χ2v) is 5.10. The molecule has 1 saturated heterocycles. The van der Waals surface area contributed by atoms with Crippen LogP contribution in [0.2, 0.25) is 0 Å². The number of piperidine rings is 1. The maximum Gasteiger partial charge on any atom is 0.233 e. The highest BCUT2D eigenvalue weighted by atomic mass is 16.5. The Labute approximate surface area is 103 Å². The lowest BCUT2D eigenvalue weighted by Gasteiger charge is -2.28. The average molecular weight is 235 g/mol. The van der Waals surface area contributed by atoms with E-state index in [1.165, 1.54) is 5.56 Å². The van der Waals surface area contributed by atoms with Gasteiger partial charge >= 0.3 is 0 Å². The molecule has 1 aromatic heterocycles. The van der Waals surface area contributed by atoms with Crippen LogP contribution in [0.15, 0.2) is 12.3 Å². The number of ether oxygens (including phenoxy) is 1. The van der Waals surface area contributed by atoms with Gasteiger partial charge in [0.2, 0.25) is 5.88 Å². The van der Waals surface area contributed by atoms with E-state index in [1.807, 2.05) is 12.3 Å². The van der Waals surface area contributed by atoms with Gasteiger partial charge in [0.1, 0.15) is 6.10 Å². The molecule has 0 amide bonds. The summed E-state index contributed by atoms with van der Waals surface area (Å²) in [6.45, 7) is 6.50. The molecule has 0 saturated carbocycles. The summed E-state index contributed by atoms with van der Waals surface area (Å²) in [4.78, 5) is 2.33. The second-order valence-electron chi connectivity index (χ2n) is 5.10. The molecule has 4 heteroatoms. The fraction of sp³-hybridized carbons (Fsp3) is 0.692. The first kappa shape index (κ1) is 12.3. The topological polar surface area (TPSA) is 38.3 Å². The average Bonchev–Trinajstić information content (AvgIpc) is 2.32. The molecule has 1 aromatic rings. The number of rotatable bonds is 3. The minimum atomic E-state index is 0.294. The Balaban J connectivity index is 1.96. The Hall–Kier alpha value is -1.16. The second kappa shape index (κ2) is 5.45. The summed E-state index contributed by atoms with van der Waals surface area (Å²) in [6, 6.07) is 2.01. The van der Waals surface area contributed by atoms with E-state index >= 15 is 0 Å². The molecule has 4 nitrogen and oxygen atoms in total. The molecule has 2 heterocycles. The molecule has 17 heavy (non-hydrogen) atoms. The molecule has 1 aliphatic rings. The van der Waals surface area contributed by atoms with Crippen molar-refractivity contribution in [3.63, 3.8) is 0 Å². The molecular formula is C13H21N3O. The van der Waals surface area contributed by atoms with E-state index in [4.69, 9.17) is 4.74 Å². The van der Waals surface area contributed by atoms with Crippen molar-refractivity contribution in [1.29, 1.82) is 0 Å². The van der Waals surface area contributed by atoms with E-state index in [1.54, 1.807) is 0 Å². The molecule has 0 atom stereocenters. The van der Waals surface area contributed by atoms with Gasteiger partial charge in [0.25, 0.3) is 0 Å². The lowest BCUT2D eigenvalue weighted by atomic mass is 10.1. The van der Waals surface area contributed by atoms with Gasteiger partial charge in [0.15, 0.2) is 0 Å². The summed E-state index contributed by atoms with van der Waals surface area (Å²) in [7, 11) is 2.15. The van der Waals surface area contributed by atoms with Crippen molar-refractivity contribution in [2.45, 2.75) is 38.7 Å². The lowest BCUT2D eigenvalue weighted by Crippen LogP contribution is -2.35. The maximum absolute atomic E-state index is 5.89. The summed E-state index contributed by atoms with van der Waals surface area (Å²) in [5.74, 6) is 1.14. The normalized spacial score (nSPS) is 18.6. The largest absolute Gasteiger partial charge is 0.473 e. The van der Waals surface area contributed by atoms with Gasteiger partial charge in [-0.05, 0) is 31.4 Å². The van der Waals surface area contributed by atoms with Gasteiger partial charge in [0.05, 0.1) is 6.20 Å². The lowest BCUT2D eigenvalue weighted by molar-refractivity contribution is 0.109. The summed E-state index contributed by atoms with van der Waals surface area (Å²) < 4.78 is 5.89. The number of likely N-dealkylation sites (tertiary alicyclic amines) is 1. The summed E-state index contributed by atoms with van der Waals surface area (Å²) in [6.07, 6.45) is 4.25. The Kier molecular flexibility index (Phi) is 3.94. The van der Waals surface area contributed by atoms with Crippen LogP contribution in [0.3, 0.4) is 0 Å². The maximum atomic E-state index is 5.89. The molecule has 0 aromatic carbocycles. The van der Waals surface area contributed by atoms with Crippen LogP contribution in [0, 0.1) is 0 Å². The third kappa shape index (κ3) is 3.40. The van der Waals surface area contributed by atoms with Gasteiger partial charge < -0.3 is 9.64 Å². The molecule has 1 aliphatic heterocycles. The molecule has 0 unspecified atom stereocenters. The Bertz CT molecular complexity index is 359. The highest BCUT2D eigenvalue weighted by molar-refractivity contribution is 5.20. The van der Waals surface area contributed by atoms with Crippen molar-refractivity contribution in [2.75, 3.05) is 20.1 Å². The van der Waals surface area contributed by atoms with E-state index in [0.717, 1.165) is 25.9 Å². The van der Waals surface area contributed by atoms with Gasteiger partial charge in [-0.15, -0.1) is 5.10 Å². The molecular weight excluding hydrogens is 214 g/mol. The fourth-order valence-corrected chi connectivity index (χ4v) is 2.01. The van der Waals surface area contributed by atoms with Gasteiger partial charge in [-0.3, -0.25) is 0 Å². The summed E-state index contributed by atoms with van der Waals surface area (Å²) in [5, 5.41) is 8.05. The van der Waals surface area contributed by atoms with Crippen molar-refractivity contribution in [2.24, 2.45) is 0 Å². The minimum absolute atomic E-state index is 0.294. The van der Waals surface area contributed by atoms with Crippen molar-refractivity contribution < 1.29 is 4.74 Å².